The van der Waals surface area contributed by atoms with Gasteiger partial charge in [0.05, 0.1) is 20.3 Å². The van der Waals surface area contributed by atoms with Crippen LogP contribution in [0.3, 0.4) is 0 Å². The number of amides is 1. The van der Waals surface area contributed by atoms with Gasteiger partial charge in [-0.25, -0.2) is 4.79 Å². The Morgan fingerprint density at radius 3 is 1.90 bits per heavy atom. The second-order valence-corrected chi connectivity index (χ2v) is 6.88. The van der Waals surface area contributed by atoms with Crippen molar-refractivity contribution in [2.75, 3.05) is 14.2 Å². The molecule has 0 heterocycles. The molecule has 0 radical (unpaired) electrons. The van der Waals surface area contributed by atoms with E-state index in [9.17, 15) is 9.59 Å². The van der Waals surface area contributed by atoms with Gasteiger partial charge >= 0.3 is 5.97 Å². The SMILES string of the molecule is COc1ccc(C(=O)O[C@@H](C)C(=O)NC(c2ccccc2)c2ccccc2)c(OC)c1. The van der Waals surface area contributed by atoms with Crippen LogP contribution in [0.4, 0.5) is 0 Å². The van der Waals surface area contributed by atoms with Crippen LogP contribution in [0, 0.1) is 0 Å². The highest BCUT2D eigenvalue weighted by Gasteiger charge is 2.25. The Bertz CT molecular complexity index is 981. The monoisotopic (exact) mass is 419 g/mol. The predicted molar refractivity (Wildman–Crippen MR) is 117 cm³/mol. The third-order valence-corrected chi connectivity index (χ3v) is 4.83. The number of carbonyl (C=O) groups is 2. The molecule has 0 unspecified atom stereocenters. The van der Waals surface area contributed by atoms with E-state index in [1.54, 1.807) is 18.2 Å². The molecular weight excluding hydrogens is 394 g/mol. The van der Waals surface area contributed by atoms with Crippen molar-refractivity contribution in [3.8, 4) is 11.5 Å². The van der Waals surface area contributed by atoms with Crippen molar-refractivity contribution >= 4 is 11.9 Å². The van der Waals surface area contributed by atoms with Gasteiger partial charge in [0.1, 0.15) is 17.1 Å². The Balaban J connectivity index is 1.75. The van der Waals surface area contributed by atoms with Crippen LogP contribution in [0.15, 0.2) is 78.9 Å². The van der Waals surface area contributed by atoms with E-state index in [0.717, 1.165) is 11.1 Å². The molecule has 0 aromatic heterocycles. The van der Waals surface area contributed by atoms with Crippen LogP contribution in [0.5, 0.6) is 11.5 Å². The Morgan fingerprint density at radius 1 is 0.806 bits per heavy atom. The zero-order valence-electron chi connectivity index (χ0n) is 17.7. The quantitative estimate of drug-likeness (QED) is 0.555. The van der Waals surface area contributed by atoms with Crippen molar-refractivity contribution < 1.29 is 23.8 Å². The molecule has 6 nitrogen and oxygen atoms in total. The Morgan fingerprint density at radius 2 is 1.39 bits per heavy atom. The van der Waals surface area contributed by atoms with E-state index in [1.165, 1.54) is 21.1 Å². The lowest BCUT2D eigenvalue weighted by atomic mass is 9.98. The van der Waals surface area contributed by atoms with Crippen molar-refractivity contribution in [3.05, 3.63) is 95.6 Å². The molecule has 0 spiro atoms. The largest absolute Gasteiger partial charge is 0.497 e. The van der Waals surface area contributed by atoms with Gasteiger partial charge in [0.2, 0.25) is 0 Å². The molecule has 0 bridgehead atoms. The summed E-state index contributed by atoms with van der Waals surface area (Å²) in [5, 5.41) is 2.99. The van der Waals surface area contributed by atoms with Crippen LogP contribution in [0.2, 0.25) is 0 Å². The lowest BCUT2D eigenvalue weighted by Gasteiger charge is -2.22. The van der Waals surface area contributed by atoms with Gasteiger partial charge in [-0.05, 0) is 30.2 Å². The summed E-state index contributed by atoms with van der Waals surface area (Å²) in [6.45, 7) is 1.54. The van der Waals surface area contributed by atoms with Gasteiger partial charge in [0.25, 0.3) is 5.91 Å². The molecule has 3 aromatic rings. The van der Waals surface area contributed by atoms with Crippen molar-refractivity contribution in [2.24, 2.45) is 0 Å². The molecule has 3 rings (SSSR count). The Hall–Kier alpha value is -3.80. The molecule has 31 heavy (non-hydrogen) atoms. The first-order chi connectivity index (χ1) is 15.0. The molecule has 0 saturated heterocycles. The van der Waals surface area contributed by atoms with E-state index in [4.69, 9.17) is 14.2 Å². The van der Waals surface area contributed by atoms with E-state index in [1.807, 2.05) is 60.7 Å². The molecule has 0 aliphatic heterocycles. The fourth-order valence-corrected chi connectivity index (χ4v) is 3.15. The van der Waals surface area contributed by atoms with Crippen LogP contribution >= 0.6 is 0 Å². The van der Waals surface area contributed by atoms with E-state index in [-0.39, 0.29) is 11.6 Å². The molecule has 0 saturated carbocycles. The number of carbonyl (C=O) groups excluding carboxylic acids is 2. The van der Waals surface area contributed by atoms with Gasteiger partial charge in [-0.3, -0.25) is 4.79 Å². The van der Waals surface area contributed by atoms with Gasteiger partial charge in [-0.1, -0.05) is 60.7 Å². The summed E-state index contributed by atoms with van der Waals surface area (Å²) in [6.07, 6.45) is -1.01. The summed E-state index contributed by atoms with van der Waals surface area (Å²) in [7, 11) is 2.97. The van der Waals surface area contributed by atoms with Gasteiger partial charge in [-0.15, -0.1) is 0 Å². The van der Waals surface area contributed by atoms with Crippen LogP contribution < -0.4 is 14.8 Å². The third-order valence-electron chi connectivity index (χ3n) is 4.83. The minimum Gasteiger partial charge on any atom is -0.497 e. The maximum atomic E-state index is 12.9. The second kappa shape index (κ2) is 10.3. The molecule has 1 atom stereocenters. The molecular formula is C25H25NO5. The average molecular weight is 419 g/mol. The average Bonchev–Trinajstić information content (AvgIpc) is 2.82. The highest BCUT2D eigenvalue weighted by molar-refractivity contribution is 5.95. The molecule has 1 amide bonds. The van der Waals surface area contributed by atoms with Crippen molar-refractivity contribution in [2.45, 2.75) is 19.1 Å². The van der Waals surface area contributed by atoms with Gasteiger partial charge in [-0.2, -0.15) is 0 Å². The normalized spacial score (nSPS) is 11.5. The smallest absolute Gasteiger partial charge is 0.342 e. The van der Waals surface area contributed by atoms with Crippen molar-refractivity contribution in [1.82, 2.24) is 5.32 Å². The van der Waals surface area contributed by atoms with E-state index < -0.39 is 18.0 Å². The summed E-state index contributed by atoms with van der Waals surface area (Å²) in [5.41, 5.74) is 2.07. The summed E-state index contributed by atoms with van der Waals surface area (Å²) in [6, 6.07) is 23.6. The minimum absolute atomic E-state index is 0.214. The standard InChI is InChI=1S/C25H25NO5/c1-17(31-25(28)21-15-14-20(29-2)16-22(21)30-3)24(27)26-23(18-10-6-4-7-11-18)19-12-8-5-9-13-19/h4-17,23H,1-3H3,(H,26,27)/t17-/m0/s1. The van der Waals surface area contributed by atoms with E-state index in [2.05, 4.69) is 5.32 Å². The Kier molecular flexibility index (Phi) is 7.27. The lowest BCUT2D eigenvalue weighted by molar-refractivity contribution is -0.129. The number of ether oxygens (including phenoxy) is 3. The van der Waals surface area contributed by atoms with Crippen LogP contribution in [0.1, 0.15) is 34.5 Å². The number of esters is 1. The highest BCUT2D eigenvalue weighted by Crippen LogP contribution is 2.26. The zero-order chi connectivity index (χ0) is 22.2. The van der Waals surface area contributed by atoms with Crippen molar-refractivity contribution in [1.29, 1.82) is 0 Å². The summed E-state index contributed by atoms with van der Waals surface area (Å²) >= 11 is 0. The van der Waals surface area contributed by atoms with Gasteiger partial charge in [0, 0.05) is 6.07 Å². The first-order valence-corrected chi connectivity index (χ1v) is 9.86. The molecule has 160 valence electrons. The summed E-state index contributed by atoms with van der Waals surface area (Å²) in [4.78, 5) is 25.5. The fourth-order valence-electron chi connectivity index (χ4n) is 3.15. The topological polar surface area (TPSA) is 73.9 Å². The van der Waals surface area contributed by atoms with Gasteiger partial charge < -0.3 is 19.5 Å². The zero-order valence-corrected chi connectivity index (χ0v) is 17.7. The summed E-state index contributed by atoms with van der Waals surface area (Å²) in [5.74, 6) is -0.201. The third kappa shape index (κ3) is 5.42. The van der Waals surface area contributed by atoms with Crippen LogP contribution in [0.25, 0.3) is 0 Å². The van der Waals surface area contributed by atoms with E-state index in [0.29, 0.717) is 11.5 Å². The van der Waals surface area contributed by atoms with Gasteiger partial charge in [0.15, 0.2) is 6.10 Å². The number of hydrogen-bond donors (Lipinski definition) is 1. The lowest BCUT2D eigenvalue weighted by Crippen LogP contribution is -2.38. The first-order valence-electron chi connectivity index (χ1n) is 9.86. The minimum atomic E-state index is -1.01. The number of nitrogens with one attached hydrogen (secondary N) is 1. The molecule has 0 aliphatic rings. The van der Waals surface area contributed by atoms with Crippen LogP contribution in [-0.4, -0.2) is 32.2 Å². The molecule has 0 aliphatic carbocycles. The maximum Gasteiger partial charge on any atom is 0.342 e. The molecule has 6 heteroatoms. The molecule has 0 fully saturated rings. The molecule has 1 N–H and O–H groups in total. The highest BCUT2D eigenvalue weighted by atomic mass is 16.5. The number of hydrogen-bond acceptors (Lipinski definition) is 5. The second-order valence-electron chi connectivity index (χ2n) is 6.88. The number of benzene rings is 3. The maximum absolute atomic E-state index is 12.9. The number of rotatable bonds is 8. The van der Waals surface area contributed by atoms with Crippen molar-refractivity contribution in [3.63, 3.8) is 0 Å². The molecule has 3 aromatic carbocycles. The van der Waals surface area contributed by atoms with E-state index >= 15 is 0 Å². The Labute approximate surface area is 181 Å². The summed E-state index contributed by atoms with van der Waals surface area (Å²) < 4.78 is 15.8. The first kappa shape index (κ1) is 21.9. The fraction of sp³-hybridized carbons (Fsp3) is 0.200. The van der Waals surface area contributed by atoms with Crippen LogP contribution in [-0.2, 0) is 9.53 Å². The predicted octanol–water partition coefficient (Wildman–Crippen LogP) is 4.15. The number of methoxy groups -OCH3 is 2.